The first-order valence-corrected chi connectivity index (χ1v) is 15.0. The van der Waals surface area contributed by atoms with Crippen LogP contribution in [0.1, 0.15) is 25.0 Å². The van der Waals surface area contributed by atoms with Crippen LogP contribution in [0.3, 0.4) is 0 Å². The molecular formula is C34H39N5O6. The minimum atomic E-state index is -0.0865. The second-order valence-corrected chi connectivity index (χ2v) is 10.5. The lowest BCUT2D eigenvalue weighted by atomic mass is 10.1. The van der Waals surface area contributed by atoms with Gasteiger partial charge in [0.15, 0.2) is 22.8 Å². The lowest BCUT2D eigenvalue weighted by Crippen LogP contribution is -2.17. The minimum Gasteiger partial charge on any atom is -0.508 e. The summed E-state index contributed by atoms with van der Waals surface area (Å²) >= 11 is 0. The molecule has 11 heteroatoms. The molecule has 7 rings (SSSR count). The fourth-order valence-corrected chi connectivity index (χ4v) is 4.93. The normalized spacial score (nSPS) is 13.4. The van der Waals surface area contributed by atoms with E-state index >= 15 is 0 Å². The fourth-order valence-electron chi connectivity index (χ4n) is 4.93. The van der Waals surface area contributed by atoms with E-state index in [9.17, 15) is 0 Å². The van der Waals surface area contributed by atoms with Gasteiger partial charge in [-0.2, -0.15) is 0 Å². The summed E-state index contributed by atoms with van der Waals surface area (Å²) in [5.41, 5.74) is 7.09. The Morgan fingerprint density at radius 3 is 2.27 bits per heavy atom. The van der Waals surface area contributed by atoms with Crippen LogP contribution >= 0.6 is 0 Å². The molecule has 0 aromatic heterocycles. The van der Waals surface area contributed by atoms with Crippen molar-refractivity contribution in [2.24, 2.45) is 4.99 Å². The van der Waals surface area contributed by atoms with Gasteiger partial charge < -0.3 is 45.2 Å². The molecule has 236 valence electrons. The Labute approximate surface area is 261 Å². The zero-order valence-corrected chi connectivity index (χ0v) is 25.9. The number of phenols is 3. The van der Waals surface area contributed by atoms with Crippen LogP contribution < -0.4 is 30.8 Å². The van der Waals surface area contributed by atoms with Gasteiger partial charge in [0, 0.05) is 62.2 Å². The van der Waals surface area contributed by atoms with E-state index in [2.05, 4.69) is 20.9 Å². The first-order valence-electron chi connectivity index (χ1n) is 15.0. The summed E-state index contributed by atoms with van der Waals surface area (Å²) in [6.45, 7) is 12.4. The molecule has 1 aliphatic carbocycles. The molecule has 0 fully saturated rings. The quantitative estimate of drug-likeness (QED) is 0.0811. The van der Waals surface area contributed by atoms with E-state index in [-0.39, 0.29) is 17.2 Å². The van der Waals surface area contributed by atoms with Crippen molar-refractivity contribution in [2.75, 3.05) is 55.3 Å². The van der Waals surface area contributed by atoms with Gasteiger partial charge in [0.2, 0.25) is 0 Å². The minimum absolute atomic E-state index is 0.0749. The molecule has 6 N–H and O–H groups in total. The van der Waals surface area contributed by atoms with Crippen LogP contribution in [0.2, 0.25) is 0 Å². The number of phenolic OH excluding ortho intramolecular Hbond substituents is 3. The molecule has 11 nitrogen and oxygen atoms in total. The molecular weight excluding hydrogens is 574 g/mol. The largest absolute Gasteiger partial charge is 0.508 e. The SMILES string of the molecule is CCN=c1cc2oc3cc4c(cc3nc-2cc1C)OCCN4.CCNc1cc(O)c(O)cc1C.Oc1ccc2c(c1)NCCO2. The maximum absolute atomic E-state index is 9.16. The van der Waals surface area contributed by atoms with Crippen LogP contribution in [-0.2, 0) is 0 Å². The van der Waals surface area contributed by atoms with Crippen molar-refractivity contribution in [3.05, 3.63) is 71.1 Å². The standard InChI is InChI=1S/C17H17N3O2.C9H13NO2.C8H9NO2/c1-3-18-11-7-16-13(6-10(11)2)20-14-9-15-12(8-17(14)22-16)19-4-5-21-15;1-3-10-7-5-9(12)8(11)4-6(7)2;10-6-1-2-8-7(5-6)9-3-4-11-8/h6-9,19H,3-5H2,1-2H3;4-5,10-12H,3H2,1-2H3;1-2,5,9-10H,3-4H2. The molecule has 3 aromatic rings. The number of aromatic nitrogens is 1. The van der Waals surface area contributed by atoms with Crippen molar-refractivity contribution in [1.82, 2.24) is 4.98 Å². The number of ether oxygens (including phenoxy) is 2. The molecule has 3 heterocycles. The van der Waals surface area contributed by atoms with Crippen molar-refractivity contribution in [2.45, 2.75) is 27.7 Å². The van der Waals surface area contributed by atoms with Gasteiger partial charge in [-0.15, -0.1) is 0 Å². The van der Waals surface area contributed by atoms with Crippen LogP contribution in [0.15, 0.2) is 64.0 Å². The first-order chi connectivity index (χ1) is 21.7. The maximum Gasteiger partial charge on any atom is 0.159 e. The number of nitrogens with zero attached hydrogens (tertiary/aromatic N) is 2. The average molecular weight is 614 g/mol. The van der Waals surface area contributed by atoms with E-state index in [1.165, 1.54) is 12.1 Å². The Morgan fingerprint density at radius 1 is 0.822 bits per heavy atom. The lowest BCUT2D eigenvalue weighted by molar-refractivity contribution is 0.322. The number of rotatable bonds is 3. The third kappa shape index (κ3) is 7.43. The van der Waals surface area contributed by atoms with Gasteiger partial charge in [-0.3, -0.25) is 4.99 Å². The van der Waals surface area contributed by atoms with Gasteiger partial charge in [0.05, 0.1) is 16.7 Å². The van der Waals surface area contributed by atoms with E-state index in [0.29, 0.717) is 13.2 Å². The number of aromatic hydroxyl groups is 3. The van der Waals surface area contributed by atoms with Gasteiger partial charge in [0.25, 0.3) is 0 Å². The van der Waals surface area contributed by atoms with E-state index in [1.54, 1.807) is 18.2 Å². The van der Waals surface area contributed by atoms with Gasteiger partial charge in [-0.1, -0.05) is 0 Å². The van der Waals surface area contributed by atoms with Crippen molar-refractivity contribution in [1.29, 1.82) is 0 Å². The van der Waals surface area contributed by atoms with E-state index < -0.39 is 0 Å². The van der Waals surface area contributed by atoms with Gasteiger partial charge in [-0.05, 0) is 63.1 Å². The highest BCUT2D eigenvalue weighted by Gasteiger charge is 2.16. The summed E-state index contributed by atoms with van der Waals surface area (Å²) in [6.07, 6.45) is 0. The van der Waals surface area contributed by atoms with E-state index in [0.717, 1.165) is 93.8 Å². The zero-order valence-electron chi connectivity index (χ0n) is 25.9. The van der Waals surface area contributed by atoms with Gasteiger partial charge in [-0.25, -0.2) is 4.98 Å². The molecule has 45 heavy (non-hydrogen) atoms. The molecule has 0 saturated carbocycles. The Morgan fingerprint density at radius 2 is 1.53 bits per heavy atom. The first kappa shape index (κ1) is 31.1. The number of hydrogen-bond acceptors (Lipinski definition) is 11. The summed E-state index contributed by atoms with van der Waals surface area (Å²) in [7, 11) is 0. The van der Waals surface area contributed by atoms with Crippen LogP contribution in [0.4, 0.5) is 17.1 Å². The fraction of sp³-hybridized carbons (Fsp3) is 0.294. The number of aryl methyl sites for hydroxylation is 2. The molecule has 0 unspecified atom stereocenters. The monoisotopic (exact) mass is 613 g/mol. The third-order valence-electron chi connectivity index (χ3n) is 7.13. The third-order valence-corrected chi connectivity index (χ3v) is 7.13. The van der Waals surface area contributed by atoms with E-state index in [1.807, 2.05) is 52.0 Å². The van der Waals surface area contributed by atoms with Crippen LogP contribution in [-0.4, -0.2) is 59.7 Å². The Kier molecular flexibility index (Phi) is 9.67. The number of fused-ring (bicyclic) bond motifs is 4. The van der Waals surface area contributed by atoms with Crippen molar-refractivity contribution < 1.29 is 29.2 Å². The number of hydrogen-bond donors (Lipinski definition) is 6. The summed E-state index contributed by atoms with van der Waals surface area (Å²) in [5, 5.41) is 37.8. The number of anilines is 3. The van der Waals surface area contributed by atoms with Crippen LogP contribution in [0, 0.1) is 13.8 Å². The summed E-state index contributed by atoms with van der Waals surface area (Å²) < 4.78 is 17.0. The zero-order chi connectivity index (χ0) is 31.9. The summed E-state index contributed by atoms with van der Waals surface area (Å²) in [4.78, 5) is 9.19. The number of nitrogens with one attached hydrogen (secondary N) is 3. The highest BCUT2D eigenvalue weighted by atomic mass is 16.5. The Bertz CT molecular complexity index is 1840. The predicted molar refractivity (Wildman–Crippen MR) is 176 cm³/mol. The van der Waals surface area contributed by atoms with Crippen LogP contribution in [0.25, 0.3) is 22.6 Å². The van der Waals surface area contributed by atoms with Gasteiger partial charge >= 0.3 is 0 Å². The molecule has 0 amide bonds. The molecule has 0 bridgehead atoms. The molecule has 3 aromatic carbocycles. The second-order valence-electron chi connectivity index (χ2n) is 10.5. The van der Waals surface area contributed by atoms with Crippen LogP contribution in [0.5, 0.6) is 28.7 Å². The highest BCUT2D eigenvalue weighted by molar-refractivity contribution is 5.83. The summed E-state index contributed by atoms with van der Waals surface area (Å²) in [5.74, 6) is 2.50. The van der Waals surface area contributed by atoms with E-state index in [4.69, 9.17) is 34.2 Å². The predicted octanol–water partition coefficient (Wildman–Crippen LogP) is 6.00. The molecule has 0 saturated heterocycles. The summed E-state index contributed by atoms with van der Waals surface area (Å²) in [6, 6.07) is 16.0. The smallest absolute Gasteiger partial charge is 0.159 e. The molecule has 4 aliphatic rings. The molecule has 0 atom stereocenters. The Balaban J connectivity index is 0.000000147. The number of benzene rings is 4. The van der Waals surface area contributed by atoms with Crippen molar-refractivity contribution in [3.63, 3.8) is 0 Å². The topological polar surface area (TPSA) is 154 Å². The maximum atomic E-state index is 9.16. The van der Waals surface area contributed by atoms with Crippen molar-refractivity contribution >= 4 is 28.2 Å². The molecule has 0 radical (unpaired) electrons. The molecule has 0 spiro atoms. The molecule has 3 aliphatic heterocycles. The van der Waals surface area contributed by atoms with Crippen molar-refractivity contribution in [3.8, 4) is 40.2 Å². The lowest BCUT2D eigenvalue weighted by Gasteiger charge is -2.19. The Hall–Kier alpha value is -5.32. The second kappa shape index (κ2) is 14.0. The highest BCUT2D eigenvalue weighted by Crippen LogP contribution is 2.34. The van der Waals surface area contributed by atoms with Gasteiger partial charge in [0.1, 0.15) is 41.7 Å². The average Bonchev–Trinajstić information content (AvgIpc) is 3.03.